The van der Waals surface area contributed by atoms with Crippen molar-refractivity contribution in [2.24, 2.45) is 0 Å². The predicted molar refractivity (Wildman–Crippen MR) is 181 cm³/mol. The fraction of sp³-hybridized carbons (Fsp3) is 0.448. The van der Waals surface area contributed by atoms with Crippen LogP contribution in [0.1, 0.15) is 25.7 Å². The van der Waals surface area contributed by atoms with Gasteiger partial charge in [0.25, 0.3) is 0 Å². The maximum Gasteiger partial charge on any atom is 0.224 e. The molecule has 0 unspecified atom stereocenters. The van der Waals surface area contributed by atoms with Crippen LogP contribution in [0.2, 0.25) is 0 Å². The lowest BCUT2D eigenvalue weighted by atomic mass is 10.1. The first-order valence-corrected chi connectivity index (χ1v) is 19.3. The minimum atomic E-state index is -3.19. The summed E-state index contributed by atoms with van der Waals surface area (Å²) in [7, 11) is -4.91. The highest BCUT2D eigenvalue weighted by molar-refractivity contribution is 7.88. The number of hydrogen-bond donors (Lipinski definition) is 4. The standard InChI is InChI=1S/C18H20F2N6O3S.C11H16N6O2S/c1-29-13-4-3-12(19)15(20)14(13)16-11-9-21-18(23-17(11)25-24-16)22-10-5-7-26(8-6-10)30(2,27)28;1-20(18,19)17-4-2-9(3-5-17)14-11-12-6-8-7-13-16-10(8)15-11/h3-4,9-10H,5-8H2,1-2H3,(H2,21,22,23,24,25);6-7,9H,2-5H2,1H3,(H2,12,13,14,15,16). The molecule has 0 atom stereocenters. The van der Waals surface area contributed by atoms with E-state index in [-0.39, 0.29) is 34.7 Å². The Labute approximate surface area is 286 Å². The third kappa shape index (κ3) is 7.90. The summed E-state index contributed by atoms with van der Waals surface area (Å²) in [5, 5.41) is 21.2. The van der Waals surface area contributed by atoms with Crippen molar-refractivity contribution in [2.45, 2.75) is 37.8 Å². The zero-order chi connectivity index (χ0) is 35.6. The fourth-order valence-electron chi connectivity index (χ4n) is 5.84. The van der Waals surface area contributed by atoms with E-state index < -0.39 is 31.7 Å². The summed E-state index contributed by atoms with van der Waals surface area (Å²) in [5.41, 5.74) is 1.10. The van der Waals surface area contributed by atoms with Crippen molar-refractivity contribution >= 4 is 54.0 Å². The van der Waals surface area contributed by atoms with E-state index in [1.54, 1.807) is 12.4 Å². The Morgan fingerprint density at radius 1 is 0.820 bits per heavy atom. The first-order chi connectivity index (χ1) is 23.8. The topological polar surface area (TPSA) is 217 Å². The minimum absolute atomic E-state index is 0.0135. The molecule has 0 spiro atoms. The molecule has 6 heterocycles. The van der Waals surface area contributed by atoms with Crippen LogP contribution in [0.5, 0.6) is 5.75 Å². The Morgan fingerprint density at radius 3 is 1.98 bits per heavy atom. The van der Waals surface area contributed by atoms with Gasteiger partial charge in [0.05, 0.1) is 47.8 Å². The van der Waals surface area contributed by atoms with Crippen LogP contribution in [0, 0.1) is 11.6 Å². The summed E-state index contributed by atoms with van der Waals surface area (Å²) in [6, 6.07) is 2.53. The molecule has 50 heavy (non-hydrogen) atoms. The quantitative estimate of drug-likeness (QED) is 0.180. The molecule has 0 bridgehead atoms. The number of nitrogens with zero attached hydrogens (tertiary/aromatic N) is 8. The molecule has 5 aromatic rings. The van der Waals surface area contributed by atoms with Crippen LogP contribution >= 0.6 is 0 Å². The molecule has 4 aromatic heterocycles. The molecule has 1 aromatic carbocycles. The lowest BCUT2D eigenvalue weighted by Gasteiger charge is -2.30. The average molecular weight is 735 g/mol. The molecule has 0 saturated carbocycles. The highest BCUT2D eigenvalue weighted by atomic mass is 32.2. The molecule has 2 saturated heterocycles. The summed E-state index contributed by atoms with van der Waals surface area (Å²) in [5.74, 6) is -1.04. The van der Waals surface area contributed by atoms with Crippen molar-refractivity contribution in [3.63, 3.8) is 0 Å². The number of aromatic amines is 2. The van der Waals surface area contributed by atoms with Crippen LogP contribution in [0.3, 0.4) is 0 Å². The van der Waals surface area contributed by atoms with Gasteiger partial charge in [0.15, 0.2) is 22.9 Å². The zero-order valence-electron chi connectivity index (χ0n) is 27.4. The summed E-state index contributed by atoms with van der Waals surface area (Å²) in [6.07, 6.45) is 10.0. The molecule has 0 aliphatic carbocycles. The van der Waals surface area contributed by atoms with Crippen LogP contribution in [-0.2, 0) is 20.0 Å². The van der Waals surface area contributed by atoms with E-state index in [2.05, 4.69) is 51.0 Å². The normalized spacial score (nSPS) is 17.1. The van der Waals surface area contributed by atoms with Crippen LogP contribution < -0.4 is 15.4 Å². The van der Waals surface area contributed by atoms with E-state index in [0.717, 1.165) is 24.3 Å². The van der Waals surface area contributed by atoms with Gasteiger partial charge in [-0.3, -0.25) is 10.2 Å². The van der Waals surface area contributed by atoms with E-state index in [0.29, 0.717) is 62.0 Å². The third-order valence-electron chi connectivity index (χ3n) is 8.54. The van der Waals surface area contributed by atoms with E-state index in [1.807, 2.05) is 0 Å². The number of sulfonamides is 2. The number of nitrogens with one attached hydrogen (secondary N) is 4. The van der Waals surface area contributed by atoms with Gasteiger partial charge in [0, 0.05) is 50.7 Å². The Hall–Kier alpha value is -4.60. The number of rotatable bonds is 8. The van der Waals surface area contributed by atoms with Gasteiger partial charge in [0.2, 0.25) is 31.9 Å². The number of halogens is 2. The van der Waals surface area contributed by atoms with E-state index in [9.17, 15) is 25.6 Å². The van der Waals surface area contributed by atoms with Crippen LogP contribution in [0.25, 0.3) is 33.3 Å². The number of ether oxygens (including phenoxy) is 1. The van der Waals surface area contributed by atoms with Crippen molar-refractivity contribution in [1.82, 2.24) is 48.9 Å². The SMILES string of the molecule is COc1ccc(F)c(F)c1-c1[nH]nc2nc(NC3CCN(S(C)(=O)=O)CC3)ncc12.CS(=O)(=O)N1CCC(Nc2ncc3cn[nH]c3n2)CC1. The van der Waals surface area contributed by atoms with Crippen molar-refractivity contribution in [3.8, 4) is 17.0 Å². The molecule has 0 amide bonds. The largest absolute Gasteiger partial charge is 0.496 e. The first kappa shape index (κ1) is 35.2. The van der Waals surface area contributed by atoms with Crippen LogP contribution in [0.15, 0.2) is 30.7 Å². The van der Waals surface area contributed by atoms with E-state index in [4.69, 9.17) is 4.74 Å². The Kier molecular flexibility index (Phi) is 10.1. The molecule has 0 radical (unpaired) electrons. The maximum atomic E-state index is 14.4. The van der Waals surface area contributed by atoms with Crippen molar-refractivity contribution in [1.29, 1.82) is 0 Å². The highest BCUT2D eigenvalue weighted by Crippen LogP contribution is 2.36. The average Bonchev–Trinajstić information content (AvgIpc) is 3.72. The van der Waals surface area contributed by atoms with Gasteiger partial charge in [-0.15, -0.1) is 0 Å². The maximum absolute atomic E-state index is 14.4. The Bertz CT molecular complexity index is 2200. The molecule has 2 fully saturated rings. The fourth-order valence-corrected chi connectivity index (χ4v) is 7.58. The molecule has 21 heteroatoms. The monoisotopic (exact) mass is 734 g/mol. The van der Waals surface area contributed by atoms with Gasteiger partial charge >= 0.3 is 0 Å². The number of benzene rings is 1. The van der Waals surface area contributed by atoms with Crippen molar-refractivity contribution in [2.75, 3.05) is 56.4 Å². The molecule has 4 N–H and O–H groups in total. The second-order valence-corrected chi connectivity index (χ2v) is 16.0. The summed E-state index contributed by atoms with van der Waals surface area (Å²) < 4.78 is 82.4. The number of H-pyrrole nitrogens is 2. The lowest BCUT2D eigenvalue weighted by molar-refractivity contribution is 0.331. The number of methoxy groups -OCH3 is 1. The Morgan fingerprint density at radius 2 is 1.40 bits per heavy atom. The van der Waals surface area contributed by atoms with E-state index >= 15 is 0 Å². The van der Waals surface area contributed by atoms with E-state index in [1.165, 1.54) is 40.5 Å². The second-order valence-electron chi connectivity index (χ2n) is 12.0. The van der Waals surface area contributed by atoms with Crippen molar-refractivity contribution in [3.05, 3.63) is 42.4 Å². The van der Waals surface area contributed by atoms with Gasteiger partial charge in [0.1, 0.15) is 5.75 Å². The second kappa shape index (κ2) is 14.3. The molecular formula is C29H36F2N12O5S2. The number of hydrogen-bond acceptors (Lipinski definition) is 13. The third-order valence-corrected chi connectivity index (χ3v) is 11.1. The van der Waals surface area contributed by atoms with Gasteiger partial charge in [-0.05, 0) is 37.8 Å². The number of aromatic nitrogens is 8. The van der Waals surface area contributed by atoms with Crippen LogP contribution in [0.4, 0.5) is 20.7 Å². The molecule has 17 nitrogen and oxygen atoms in total. The molecule has 2 aliphatic rings. The van der Waals surface area contributed by atoms with Gasteiger partial charge in [-0.2, -0.15) is 20.2 Å². The predicted octanol–water partition coefficient (Wildman–Crippen LogP) is 2.33. The molecular weight excluding hydrogens is 699 g/mol. The molecule has 268 valence electrons. The Balaban J connectivity index is 0.000000187. The first-order valence-electron chi connectivity index (χ1n) is 15.6. The van der Waals surface area contributed by atoms with Gasteiger partial charge < -0.3 is 15.4 Å². The van der Waals surface area contributed by atoms with Crippen LogP contribution in [-0.4, -0.2) is 124 Å². The van der Waals surface area contributed by atoms with Gasteiger partial charge in [-0.1, -0.05) is 0 Å². The molecule has 7 rings (SSSR count). The minimum Gasteiger partial charge on any atom is -0.496 e. The number of anilines is 2. The molecule has 2 aliphatic heterocycles. The van der Waals surface area contributed by atoms with Crippen molar-refractivity contribution < 1.29 is 30.4 Å². The summed E-state index contributed by atoms with van der Waals surface area (Å²) in [6.45, 7) is 1.90. The lowest BCUT2D eigenvalue weighted by Crippen LogP contribution is -2.42. The zero-order valence-corrected chi connectivity index (χ0v) is 29.0. The smallest absolute Gasteiger partial charge is 0.224 e. The highest BCUT2D eigenvalue weighted by Gasteiger charge is 2.27. The van der Waals surface area contributed by atoms with Gasteiger partial charge in [-0.25, -0.2) is 44.2 Å². The summed E-state index contributed by atoms with van der Waals surface area (Å²) in [4.78, 5) is 17.2. The number of piperidine rings is 2. The number of fused-ring (bicyclic) bond motifs is 2. The summed E-state index contributed by atoms with van der Waals surface area (Å²) >= 11 is 0.